The summed E-state index contributed by atoms with van der Waals surface area (Å²) in [5.41, 5.74) is 1.72. The van der Waals surface area contributed by atoms with Crippen molar-refractivity contribution in [3.63, 3.8) is 0 Å². The van der Waals surface area contributed by atoms with E-state index in [1.807, 2.05) is 23.7 Å². The van der Waals surface area contributed by atoms with Gasteiger partial charge in [0, 0.05) is 32.8 Å². The molecule has 6 heteroatoms. The van der Waals surface area contributed by atoms with Crippen LogP contribution in [0.25, 0.3) is 11.2 Å². The van der Waals surface area contributed by atoms with Crippen molar-refractivity contribution in [2.45, 2.75) is 12.5 Å². The van der Waals surface area contributed by atoms with Gasteiger partial charge in [0.2, 0.25) is 5.91 Å². The maximum atomic E-state index is 11.7. The molecule has 0 saturated carbocycles. The maximum absolute atomic E-state index is 11.7. The Morgan fingerprint density at radius 2 is 2.39 bits per heavy atom. The van der Waals surface area contributed by atoms with Crippen molar-refractivity contribution < 1.29 is 4.79 Å². The molecular formula is C12H15N5O. The normalized spacial score (nSPS) is 20.1. The van der Waals surface area contributed by atoms with Gasteiger partial charge in [-0.2, -0.15) is 0 Å². The summed E-state index contributed by atoms with van der Waals surface area (Å²) in [6.07, 6.45) is 2.31. The highest BCUT2D eigenvalue weighted by Crippen LogP contribution is 2.13. The number of piperazine rings is 1. The van der Waals surface area contributed by atoms with Crippen molar-refractivity contribution in [3.05, 3.63) is 24.2 Å². The van der Waals surface area contributed by atoms with Crippen LogP contribution in [0.4, 0.5) is 0 Å². The molecule has 3 rings (SSSR count). The summed E-state index contributed by atoms with van der Waals surface area (Å²) in [6, 6.07) is 3.67. The predicted octanol–water partition coefficient (Wildman–Crippen LogP) is -0.401. The number of carbonyl (C=O) groups is 1. The van der Waals surface area contributed by atoms with Gasteiger partial charge in [0.25, 0.3) is 0 Å². The quantitative estimate of drug-likeness (QED) is 0.755. The van der Waals surface area contributed by atoms with E-state index in [0.717, 1.165) is 23.5 Å². The Balaban J connectivity index is 1.90. The Morgan fingerprint density at radius 1 is 1.50 bits per heavy atom. The molecule has 6 nitrogen and oxygen atoms in total. The third kappa shape index (κ3) is 1.84. The fourth-order valence-electron chi connectivity index (χ4n) is 2.25. The summed E-state index contributed by atoms with van der Waals surface area (Å²) < 4.78 is 1.99. The van der Waals surface area contributed by atoms with Gasteiger partial charge in [-0.1, -0.05) is 0 Å². The molecule has 0 aromatic carbocycles. The van der Waals surface area contributed by atoms with E-state index in [1.165, 1.54) is 0 Å². The molecule has 0 bridgehead atoms. The Morgan fingerprint density at radius 3 is 3.17 bits per heavy atom. The van der Waals surface area contributed by atoms with Crippen molar-refractivity contribution in [3.8, 4) is 0 Å². The van der Waals surface area contributed by atoms with Gasteiger partial charge in [-0.15, -0.1) is 0 Å². The van der Waals surface area contributed by atoms with Crippen molar-refractivity contribution in [1.29, 1.82) is 0 Å². The van der Waals surface area contributed by atoms with Crippen LogP contribution >= 0.6 is 0 Å². The van der Waals surface area contributed by atoms with E-state index in [9.17, 15) is 4.79 Å². The van der Waals surface area contributed by atoms with Crippen molar-refractivity contribution in [2.24, 2.45) is 7.05 Å². The first kappa shape index (κ1) is 11.2. The molecule has 3 heterocycles. The number of hydrogen-bond donors (Lipinski definition) is 2. The highest BCUT2D eigenvalue weighted by molar-refractivity contribution is 5.82. The lowest BCUT2D eigenvalue weighted by atomic mass is 10.1. The molecule has 1 atom stereocenters. The van der Waals surface area contributed by atoms with Gasteiger partial charge in [0.15, 0.2) is 5.65 Å². The molecule has 1 amide bonds. The van der Waals surface area contributed by atoms with Gasteiger partial charge in [-0.25, -0.2) is 9.97 Å². The van der Waals surface area contributed by atoms with Gasteiger partial charge in [-0.05, 0) is 12.1 Å². The number of nitrogens with zero attached hydrogens (tertiary/aromatic N) is 3. The lowest BCUT2D eigenvalue weighted by Gasteiger charge is -2.23. The number of imidazole rings is 1. The average Bonchev–Trinajstić information content (AvgIpc) is 2.70. The Labute approximate surface area is 104 Å². The van der Waals surface area contributed by atoms with Crippen molar-refractivity contribution >= 4 is 17.1 Å². The van der Waals surface area contributed by atoms with E-state index in [1.54, 1.807) is 6.20 Å². The highest BCUT2D eigenvalue weighted by Gasteiger charge is 2.23. The maximum Gasteiger partial charge on any atom is 0.237 e. The number of nitrogens with one attached hydrogen (secondary N) is 2. The van der Waals surface area contributed by atoms with E-state index >= 15 is 0 Å². The number of pyridine rings is 1. The average molecular weight is 245 g/mol. The Kier molecular flexibility index (Phi) is 2.71. The van der Waals surface area contributed by atoms with Crippen LogP contribution in [0, 0.1) is 0 Å². The number of aryl methyl sites for hydroxylation is 1. The van der Waals surface area contributed by atoms with Crippen LogP contribution in [0.3, 0.4) is 0 Å². The summed E-state index contributed by atoms with van der Waals surface area (Å²) >= 11 is 0. The molecule has 1 fully saturated rings. The van der Waals surface area contributed by atoms with Gasteiger partial charge >= 0.3 is 0 Å². The van der Waals surface area contributed by atoms with Crippen molar-refractivity contribution in [2.75, 3.05) is 13.1 Å². The van der Waals surface area contributed by atoms with E-state index < -0.39 is 0 Å². The summed E-state index contributed by atoms with van der Waals surface area (Å²) in [5, 5.41) is 6.05. The van der Waals surface area contributed by atoms with Crippen molar-refractivity contribution in [1.82, 2.24) is 25.2 Å². The molecule has 1 aliphatic heterocycles. The minimum Gasteiger partial charge on any atom is -0.353 e. The molecule has 0 radical (unpaired) electrons. The first-order valence-electron chi connectivity index (χ1n) is 6.03. The zero-order valence-corrected chi connectivity index (χ0v) is 10.2. The SMILES string of the molecule is Cn1c(CC2NCCNC2=O)nc2ncccc21. The minimum absolute atomic E-state index is 0.0428. The van der Waals surface area contributed by atoms with Gasteiger partial charge in [0.05, 0.1) is 11.6 Å². The van der Waals surface area contributed by atoms with Crippen LogP contribution in [0.5, 0.6) is 0 Å². The second-order valence-corrected chi connectivity index (χ2v) is 4.44. The fourth-order valence-corrected chi connectivity index (χ4v) is 2.25. The molecule has 18 heavy (non-hydrogen) atoms. The smallest absolute Gasteiger partial charge is 0.237 e. The van der Waals surface area contributed by atoms with E-state index in [-0.39, 0.29) is 11.9 Å². The third-order valence-corrected chi connectivity index (χ3v) is 3.27. The molecule has 1 saturated heterocycles. The Bertz CT molecular complexity index is 591. The summed E-state index contributed by atoms with van der Waals surface area (Å²) in [4.78, 5) is 20.4. The monoisotopic (exact) mass is 245 g/mol. The van der Waals surface area contributed by atoms with Gasteiger partial charge in [0.1, 0.15) is 5.82 Å². The molecule has 1 aliphatic rings. The standard InChI is InChI=1S/C12H15N5O/c1-17-9-3-2-4-14-11(9)16-10(17)7-8-12(18)15-6-5-13-8/h2-4,8,13H,5-7H2,1H3,(H,15,18). The zero-order chi connectivity index (χ0) is 12.5. The minimum atomic E-state index is -0.200. The molecule has 2 aromatic rings. The number of aromatic nitrogens is 3. The van der Waals surface area contributed by atoms with Gasteiger partial charge < -0.3 is 15.2 Å². The van der Waals surface area contributed by atoms with E-state index in [0.29, 0.717) is 13.0 Å². The van der Waals surface area contributed by atoms with Crippen LogP contribution in [0.2, 0.25) is 0 Å². The summed E-state index contributed by atoms with van der Waals surface area (Å²) in [5.74, 6) is 0.916. The first-order valence-corrected chi connectivity index (χ1v) is 6.03. The predicted molar refractivity (Wildman–Crippen MR) is 67.0 cm³/mol. The fraction of sp³-hybridized carbons (Fsp3) is 0.417. The second-order valence-electron chi connectivity index (χ2n) is 4.44. The molecule has 2 N–H and O–H groups in total. The first-order chi connectivity index (χ1) is 8.75. The van der Waals surface area contributed by atoms with E-state index in [2.05, 4.69) is 20.6 Å². The van der Waals surface area contributed by atoms with Crippen LogP contribution in [0.15, 0.2) is 18.3 Å². The highest BCUT2D eigenvalue weighted by atomic mass is 16.2. The molecule has 94 valence electrons. The van der Waals surface area contributed by atoms with Gasteiger partial charge in [-0.3, -0.25) is 4.79 Å². The molecule has 0 aliphatic carbocycles. The third-order valence-electron chi connectivity index (χ3n) is 3.27. The van der Waals surface area contributed by atoms with Crippen LogP contribution in [0.1, 0.15) is 5.82 Å². The summed E-state index contributed by atoms with van der Waals surface area (Å²) in [7, 11) is 1.95. The lowest BCUT2D eigenvalue weighted by Crippen LogP contribution is -2.53. The molecule has 1 unspecified atom stereocenters. The largest absolute Gasteiger partial charge is 0.353 e. The number of carbonyl (C=O) groups excluding carboxylic acids is 1. The number of fused-ring (bicyclic) bond motifs is 1. The Hall–Kier alpha value is -1.95. The molecule has 0 spiro atoms. The van der Waals surface area contributed by atoms with Crippen LogP contribution < -0.4 is 10.6 Å². The molecule has 2 aromatic heterocycles. The van der Waals surface area contributed by atoms with Crippen LogP contribution in [-0.4, -0.2) is 39.6 Å². The number of rotatable bonds is 2. The van der Waals surface area contributed by atoms with E-state index in [4.69, 9.17) is 0 Å². The topological polar surface area (TPSA) is 71.8 Å². The number of hydrogen-bond acceptors (Lipinski definition) is 4. The zero-order valence-electron chi connectivity index (χ0n) is 10.2. The van der Waals surface area contributed by atoms with Crippen LogP contribution in [-0.2, 0) is 18.3 Å². The lowest BCUT2D eigenvalue weighted by molar-refractivity contribution is -0.124. The number of amides is 1. The summed E-state index contributed by atoms with van der Waals surface area (Å²) in [6.45, 7) is 1.50. The second kappa shape index (κ2) is 4.38. The molecular weight excluding hydrogens is 230 g/mol.